The molecular weight excluding hydrogens is 152 g/mol. The first-order valence-electron chi connectivity index (χ1n) is 4.47. The number of nitrogens with two attached hydrogens (primary N) is 1. The van der Waals surface area contributed by atoms with Crippen LogP contribution in [0, 0.1) is 5.92 Å². The van der Waals surface area contributed by atoms with Crippen molar-refractivity contribution >= 4 is 0 Å². The van der Waals surface area contributed by atoms with Crippen molar-refractivity contribution in [2.75, 3.05) is 0 Å². The van der Waals surface area contributed by atoms with E-state index in [1.807, 2.05) is 0 Å². The molecule has 66 valence electrons. The van der Waals surface area contributed by atoms with Gasteiger partial charge in [-0.15, -0.1) is 0 Å². The lowest BCUT2D eigenvalue weighted by molar-refractivity contribution is 0.554. The van der Waals surface area contributed by atoms with E-state index in [9.17, 15) is 0 Å². The predicted octanol–water partition coefficient (Wildman–Crippen LogP) is 0.995. The summed E-state index contributed by atoms with van der Waals surface area (Å²) in [6.45, 7) is 0. The van der Waals surface area contributed by atoms with Gasteiger partial charge in [-0.05, 0) is 18.8 Å². The molecule has 4 heteroatoms. The highest BCUT2D eigenvalue weighted by Crippen LogP contribution is 2.34. The van der Waals surface area contributed by atoms with Crippen molar-refractivity contribution in [1.82, 2.24) is 15.2 Å². The van der Waals surface area contributed by atoms with Crippen molar-refractivity contribution < 1.29 is 0 Å². The first-order chi connectivity index (χ1) is 5.86. The number of aromatic amines is 1. The zero-order valence-corrected chi connectivity index (χ0v) is 7.03. The Morgan fingerprint density at radius 1 is 1.67 bits per heavy atom. The Balaban J connectivity index is 1.79. The zero-order chi connectivity index (χ0) is 8.39. The van der Waals surface area contributed by atoms with Crippen molar-refractivity contribution in [3.63, 3.8) is 0 Å². The zero-order valence-electron chi connectivity index (χ0n) is 7.03. The van der Waals surface area contributed by atoms with E-state index in [2.05, 4.69) is 15.2 Å². The molecule has 1 saturated carbocycles. The SMILES string of the molecule is NC(CCC1CC1)c1ncn[nH]1. The molecule has 1 aromatic heterocycles. The summed E-state index contributed by atoms with van der Waals surface area (Å²) < 4.78 is 0. The van der Waals surface area contributed by atoms with Gasteiger partial charge in [0.15, 0.2) is 0 Å². The molecule has 2 rings (SSSR count). The standard InChI is InChI=1S/C8H14N4/c9-7(4-3-6-1-2-6)8-10-5-11-12-8/h5-7H,1-4,9H2,(H,10,11,12). The van der Waals surface area contributed by atoms with Crippen molar-refractivity contribution in [1.29, 1.82) is 0 Å². The maximum atomic E-state index is 5.88. The number of hydrogen-bond donors (Lipinski definition) is 2. The monoisotopic (exact) mass is 166 g/mol. The second kappa shape index (κ2) is 3.23. The van der Waals surface area contributed by atoms with E-state index in [4.69, 9.17) is 5.73 Å². The van der Waals surface area contributed by atoms with E-state index in [1.165, 1.54) is 25.6 Å². The second-order valence-corrected chi connectivity index (χ2v) is 3.50. The smallest absolute Gasteiger partial charge is 0.141 e. The van der Waals surface area contributed by atoms with Gasteiger partial charge in [0.25, 0.3) is 0 Å². The molecule has 1 aromatic rings. The largest absolute Gasteiger partial charge is 0.321 e. The molecule has 0 amide bonds. The predicted molar refractivity (Wildman–Crippen MR) is 45.3 cm³/mol. The molecule has 0 aliphatic heterocycles. The first kappa shape index (κ1) is 7.73. The number of nitrogens with one attached hydrogen (secondary N) is 1. The Hall–Kier alpha value is -0.900. The van der Waals surface area contributed by atoms with E-state index < -0.39 is 0 Å². The molecule has 1 unspecified atom stereocenters. The van der Waals surface area contributed by atoms with Crippen molar-refractivity contribution in [3.8, 4) is 0 Å². The van der Waals surface area contributed by atoms with Crippen LogP contribution in [0.2, 0.25) is 0 Å². The van der Waals surface area contributed by atoms with Gasteiger partial charge in [0.1, 0.15) is 12.2 Å². The fourth-order valence-corrected chi connectivity index (χ4v) is 1.35. The molecule has 1 fully saturated rings. The van der Waals surface area contributed by atoms with Crippen LogP contribution in [0.25, 0.3) is 0 Å². The van der Waals surface area contributed by atoms with Crippen molar-refractivity contribution in [3.05, 3.63) is 12.2 Å². The molecule has 0 bridgehead atoms. The molecule has 1 heterocycles. The first-order valence-corrected chi connectivity index (χ1v) is 4.47. The molecule has 0 spiro atoms. The van der Waals surface area contributed by atoms with Gasteiger partial charge in [-0.2, -0.15) is 5.10 Å². The van der Waals surface area contributed by atoms with Crippen LogP contribution in [0.15, 0.2) is 6.33 Å². The summed E-state index contributed by atoms with van der Waals surface area (Å²) in [5.74, 6) is 1.76. The summed E-state index contributed by atoms with van der Waals surface area (Å²) >= 11 is 0. The van der Waals surface area contributed by atoms with Gasteiger partial charge in [0, 0.05) is 0 Å². The summed E-state index contributed by atoms with van der Waals surface area (Å²) in [6.07, 6.45) is 6.56. The van der Waals surface area contributed by atoms with Gasteiger partial charge < -0.3 is 5.73 Å². The molecule has 12 heavy (non-hydrogen) atoms. The number of H-pyrrole nitrogens is 1. The van der Waals surface area contributed by atoms with Gasteiger partial charge in [0.05, 0.1) is 6.04 Å². The normalized spacial score (nSPS) is 19.4. The van der Waals surface area contributed by atoms with Crippen LogP contribution in [0.4, 0.5) is 0 Å². The average molecular weight is 166 g/mol. The highest BCUT2D eigenvalue weighted by Gasteiger charge is 2.22. The van der Waals surface area contributed by atoms with Gasteiger partial charge in [-0.1, -0.05) is 12.8 Å². The van der Waals surface area contributed by atoms with E-state index in [-0.39, 0.29) is 6.04 Å². The third kappa shape index (κ3) is 1.82. The fraction of sp³-hybridized carbons (Fsp3) is 0.750. The fourth-order valence-electron chi connectivity index (χ4n) is 1.35. The summed E-state index contributed by atoms with van der Waals surface area (Å²) in [5, 5.41) is 6.56. The lowest BCUT2D eigenvalue weighted by Crippen LogP contribution is -2.12. The Bertz CT molecular complexity index is 227. The lowest BCUT2D eigenvalue weighted by atomic mass is 10.1. The number of hydrogen-bond acceptors (Lipinski definition) is 3. The molecule has 3 N–H and O–H groups in total. The molecule has 4 nitrogen and oxygen atoms in total. The topological polar surface area (TPSA) is 67.6 Å². The third-order valence-corrected chi connectivity index (χ3v) is 2.37. The molecular formula is C8H14N4. The van der Waals surface area contributed by atoms with Crippen LogP contribution in [0.3, 0.4) is 0 Å². The van der Waals surface area contributed by atoms with E-state index >= 15 is 0 Å². The van der Waals surface area contributed by atoms with Crippen LogP contribution in [-0.4, -0.2) is 15.2 Å². The van der Waals surface area contributed by atoms with Gasteiger partial charge in [-0.3, -0.25) is 5.10 Å². The number of rotatable bonds is 4. The second-order valence-electron chi connectivity index (χ2n) is 3.50. The minimum Gasteiger partial charge on any atom is -0.321 e. The van der Waals surface area contributed by atoms with Crippen LogP contribution < -0.4 is 5.73 Å². The molecule has 0 saturated heterocycles. The highest BCUT2D eigenvalue weighted by molar-refractivity contribution is 4.90. The van der Waals surface area contributed by atoms with Crippen LogP contribution in [0.1, 0.15) is 37.5 Å². The molecule has 1 aliphatic carbocycles. The Morgan fingerprint density at radius 3 is 3.08 bits per heavy atom. The highest BCUT2D eigenvalue weighted by atomic mass is 15.2. The summed E-state index contributed by atoms with van der Waals surface area (Å²) in [7, 11) is 0. The molecule has 1 atom stereocenters. The summed E-state index contributed by atoms with van der Waals surface area (Å²) in [5.41, 5.74) is 5.88. The van der Waals surface area contributed by atoms with Crippen LogP contribution >= 0.6 is 0 Å². The van der Waals surface area contributed by atoms with Gasteiger partial charge in [0.2, 0.25) is 0 Å². The minimum atomic E-state index is 0.0492. The van der Waals surface area contributed by atoms with E-state index in [1.54, 1.807) is 0 Å². The lowest BCUT2D eigenvalue weighted by Gasteiger charge is -2.06. The van der Waals surface area contributed by atoms with E-state index in [0.29, 0.717) is 0 Å². The van der Waals surface area contributed by atoms with Crippen LogP contribution in [0.5, 0.6) is 0 Å². The maximum absolute atomic E-state index is 5.88. The molecule has 0 aromatic carbocycles. The van der Waals surface area contributed by atoms with E-state index in [0.717, 1.165) is 18.2 Å². The van der Waals surface area contributed by atoms with Crippen molar-refractivity contribution in [2.45, 2.75) is 31.7 Å². The molecule has 0 radical (unpaired) electrons. The number of nitrogens with zero attached hydrogens (tertiary/aromatic N) is 2. The Morgan fingerprint density at radius 2 is 2.50 bits per heavy atom. The summed E-state index contributed by atoms with van der Waals surface area (Å²) in [6, 6.07) is 0.0492. The third-order valence-electron chi connectivity index (χ3n) is 2.37. The molecule has 1 aliphatic rings. The maximum Gasteiger partial charge on any atom is 0.141 e. The minimum absolute atomic E-state index is 0.0492. The Kier molecular flexibility index (Phi) is 2.08. The summed E-state index contributed by atoms with van der Waals surface area (Å²) in [4.78, 5) is 4.02. The van der Waals surface area contributed by atoms with Crippen molar-refractivity contribution in [2.24, 2.45) is 11.7 Å². The quantitative estimate of drug-likeness (QED) is 0.701. The van der Waals surface area contributed by atoms with Gasteiger partial charge >= 0.3 is 0 Å². The number of aromatic nitrogens is 3. The Labute approximate surface area is 71.6 Å². The van der Waals surface area contributed by atoms with Crippen LogP contribution in [-0.2, 0) is 0 Å². The van der Waals surface area contributed by atoms with Gasteiger partial charge in [-0.25, -0.2) is 4.98 Å². The average Bonchev–Trinajstić information content (AvgIpc) is 2.74.